The lowest BCUT2D eigenvalue weighted by Crippen LogP contribution is -2.58. The quantitative estimate of drug-likeness (QED) is 0.0740. The number of H-pyrrole nitrogens is 2. The first-order valence-corrected chi connectivity index (χ1v) is 15.0. The number of phenols is 1. The molecule has 0 saturated heterocycles. The second-order valence-electron chi connectivity index (χ2n) is 11.1. The van der Waals surface area contributed by atoms with Gasteiger partial charge >= 0.3 is 5.97 Å². The number of phenolic OH excluding ortho intramolecular Hbond substituents is 1. The fraction of sp³-hybridized carbons (Fsp3) is 0.344. The molecule has 4 aromatic rings. The highest BCUT2D eigenvalue weighted by molar-refractivity contribution is 5.94. The van der Waals surface area contributed by atoms with Crippen LogP contribution in [0.3, 0.4) is 0 Å². The molecular weight excluding hydrogens is 592 g/mol. The number of carbonyl (C=O) groups is 4. The zero-order valence-corrected chi connectivity index (χ0v) is 25.2. The summed E-state index contributed by atoms with van der Waals surface area (Å²) < 4.78 is 0. The summed E-state index contributed by atoms with van der Waals surface area (Å²) in [6, 6.07) is 8.92. The van der Waals surface area contributed by atoms with Gasteiger partial charge in [0, 0.05) is 48.3 Å². The Hall–Kier alpha value is -5.21. The molecule has 2 aromatic heterocycles. The Kier molecular flexibility index (Phi) is 11.9. The van der Waals surface area contributed by atoms with Gasteiger partial charge < -0.3 is 47.6 Å². The van der Waals surface area contributed by atoms with Crippen LogP contribution in [0.15, 0.2) is 67.3 Å². The van der Waals surface area contributed by atoms with Crippen molar-refractivity contribution in [1.82, 2.24) is 30.9 Å². The van der Waals surface area contributed by atoms with E-state index >= 15 is 0 Å². The van der Waals surface area contributed by atoms with Gasteiger partial charge in [-0.15, -0.1) is 0 Å². The minimum absolute atomic E-state index is 0.00842. The molecule has 11 N–H and O–H groups in total. The van der Waals surface area contributed by atoms with Gasteiger partial charge in [-0.05, 0) is 48.7 Å². The van der Waals surface area contributed by atoms with Crippen molar-refractivity contribution in [1.29, 1.82) is 0 Å². The molecule has 0 radical (unpaired) electrons. The van der Waals surface area contributed by atoms with Crippen LogP contribution in [0.25, 0.3) is 10.9 Å². The van der Waals surface area contributed by atoms with Crippen LogP contribution in [0.2, 0.25) is 0 Å². The summed E-state index contributed by atoms with van der Waals surface area (Å²) in [7, 11) is 0. The van der Waals surface area contributed by atoms with Crippen molar-refractivity contribution in [2.45, 2.75) is 62.7 Å². The lowest BCUT2D eigenvalue weighted by Gasteiger charge is -2.25. The number of aliphatic carboxylic acids is 1. The lowest BCUT2D eigenvalue weighted by molar-refractivity contribution is -0.142. The number of benzene rings is 2. The normalized spacial score (nSPS) is 13.8. The number of carboxylic acids is 1. The Labute approximate surface area is 265 Å². The standard InChI is InChI=1S/C32H40N8O6/c33-12-4-3-6-24(34)29(42)38-27(15-21-17-35-18-37-21)31(44)39-26(13-19-8-10-22(41)11-9-19)30(43)40-28(32(45)46)14-20-16-36-25-7-2-1-5-23(20)25/h1-2,5,7-11,16-18,24,26-28,36,41H,3-4,6,12-15,33-34H2,(H,35,37)(H,38,42)(H,39,44)(H,40,43)(H,45,46). The smallest absolute Gasteiger partial charge is 0.326 e. The molecule has 0 saturated carbocycles. The van der Waals surface area contributed by atoms with E-state index in [1.54, 1.807) is 18.3 Å². The fourth-order valence-electron chi connectivity index (χ4n) is 5.09. The number of fused-ring (bicyclic) bond motifs is 1. The maximum absolute atomic E-state index is 13.7. The van der Waals surface area contributed by atoms with Gasteiger partial charge in [0.25, 0.3) is 0 Å². The third-order valence-corrected chi connectivity index (χ3v) is 7.64. The fourth-order valence-corrected chi connectivity index (χ4v) is 5.09. The number of aromatic hydroxyl groups is 1. The Morgan fingerprint density at radius 1 is 0.826 bits per heavy atom. The minimum atomic E-state index is -1.31. The summed E-state index contributed by atoms with van der Waals surface area (Å²) in [4.78, 5) is 62.6. The van der Waals surface area contributed by atoms with Crippen molar-refractivity contribution in [3.63, 3.8) is 0 Å². The summed E-state index contributed by atoms with van der Waals surface area (Å²) in [6.45, 7) is 0.466. The zero-order valence-electron chi connectivity index (χ0n) is 25.2. The van der Waals surface area contributed by atoms with E-state index in [0.29, 0.717) is 42.6 Å². The molecule has 4 rings (SSSR count). The highest BCUT2D eigenvalue weighted by atomic mass is 16.4. The number of aromatic amines is 2. The van der Waals surface area contributed by atoms with Crippen LogP contribution in [0.4, 0.5) is 0 Å². The van der Waals surface area contributed by atoms with Gasteiger partial charge in [0.1, 0.15) is 23.9 Å². The summed E-state index contributed by atoms with van der Waals surface area (Å²) in [5.74, 6) is -3.19. The molecule has 3 amide bonds. The number of aromatic nitrogens is 3. The van der Waals surface area contributed by atoms with Crippen LogP contribution in [0, 0.1) is 0 Å². The van der Waals surface area contributed by atoms with E-state index in [2.05, 4.69) is 30.9 Å². The van der Waals surface area contributed by atoms with E-state index in [4.69, 9.17) is 11.5 Å². The average molecular weight is 633 g/mol. The molecule has 2 aromatic carbocycles. The number of unbranched alkanes of at least 4 members (excludes halogenated alkanes) is 1. The molecule has 46 heavy (non-hydrogen) atoms. The monoisotopic (exact) mass is 632 g/mol. The molecule has 0 aliphatic carbocycles. The van der Waals surface area contributed by atoms with Crippen LogP contribution in [-0.4, -0.2) is 79.6 Å². The molecule has 0 fully saturated rings. The number of hydrogen-bond donors (Lipinski definition) is 9. The Balaban J connectivity index is 1.54. The molecule has 4 unspecified atom stereocenters. The Bertz CT molecular complexity index is 1600. The van der Waals surface area contributed by atoms with Crippen LogP contribution in [-0.2, 0) is 38.4 Å². The summed E-state index contributed by atoms with van der Waals surface area (Å²) in [5, 5.41) is 28.6. The summed E-state index contributed by atoms with van der Waals surface area (Å²) >= 11 is 0. The van der Waals surface area contributed by atoms with Gasteiger partial charge in [-0.25, -0.2) is 9.78 Å². The Morgan fingerprint density at radius 3 is 2.17 bits per heavy atom. The first-order valence-electron chi connectivity index (χ1n) is 15.0. The molecular formula is C32H40N8O6. The van der Waals surface area contributed by atoms with Gasteiger partial charge in [-0.2, -0.15) is 0 Å². The number of carboxylic acid groups (broad SMARTS) is 1. The highest BCUT2D eigenvalue weighted by Gasteiger charge is 2.31. The number of para-hydroxylation sites is 1. The molecule has 0 bridgehead atoms. The maximum atomic E-state index is 13.7. The third kappa shape index (κ3) is 9.39. The number of nitrogens with one attached hydrogen (secondary N) is 5. The maximum Gasteiger partial charge on any atom is 0.326 e. The van der Waals surface area contributed by atoms with Gasteiger partial charge in [-0.1, -0.05) is 36.8 Å². The molecule has 2 heterocycles. The van der Waals surface area contributed by atoms with E-state index in [0.717, 1.165) is 10.9 Å². The Morgan fingerprint density at radius 2 is 1.50 bits per heavy atom. The van der Waals surface area contributed by atoms with Gasteiger partial charge in [0.05, 0.1) is 12.4 Å². The number of carbonyl (C=O) groups excluding carboxylic acids is 3. The first kappa shape index (κ1) is 33.7. The number of nitrogens with zero attached hydrogens (tertiary/aromatic N) is 1. The van der Waals surface area contributed by atoms with Gasteiger partial charge in [0.2, 0.25) is 17.7 Å². The highest BCUT2D eigenvalue weighted by Crippen LogP contribution is 2.19. The summed E-state index contributed by atoms with van der Waals surface area (Å²) in [6.07, 6.45) is 6.35. The molecule has 0 spiro atoms. The molecule has 14 nitrogen and oxygen atoms in total. The van der Waals surface area contributed by atoms with Gasteiger partial charge in [-0.3, -0.25) is 14.4 Å². The SMILES string of the molecule is NCCCCC(N)C(=O)NC(Cc1cnc[nH]1)C(=O)NC(Cc1ccc(O)cc1)C(=O)NC(Cc1c[nH]c2ccccc12)C(=O)O. The predicted molar refractivity (Wildman–Crippen MR) is 170 cm³/mol. The van der Waals surface area contributed by atoms with Crippen molar-refractivity contribution in [2.75, 3.05) is 6.54 Å². The van der Waals surface area contributed by atoms with Crippen molar-refractivity contribution >= 4 is 34.6 Å². The van der Waals surface area contributed by atoms with Crippen LogP contribution in [0.1, 0.15) is 36.1 Å². The molecule has 14 heteroatoms. The third-order valence-electron chi connectivity index (χ3n) is 7.64. The summed E-state index contributed by atoms with van der Waals surface area (Å²) in [5.41, 5.74) is 14.3. The molecule has 4 atom stereocenters. The van der Waals surface area contributed by atoms with Crippen LogP contribution < -0.4 is 27.4 Å². The lowest BCUT2D eigenvalue weighted by atomic mass is 10.0. The topological polar surface area (TPSA) is 241 Å². The molecule has 244 valence electrons. The van der Waals surface area contributed by atoms with E-state index < -0.39 is 47.9 Å². The van der Waals surface area contributed by atoms with Crippen molar-refractivity contribution in [3.05, 3.63) is 84.1 Å². The van der Waals surface area contributed by atoms with E-state index in [1.807, 2.05) is 24.3 Å². The second-order valence-corrected chi connectivity index (χ2v) is 11.1. The second kappa shape index (κ2) is 16.2. The zero-order chi connectivity index (χ0) is 33.1. The van der Waals surface area contributed by atoms with Crippen LogP contribution in [0.5, 0.6) is 5.75 Å². The number of imidazole rings is 1. The number of nitrogens with two attached hydrogens (primary N) is 2. The van der Waals surface area contributed by atoms with E-state index in [-0.39, 0.29) is 25.0 Å². The van der Waals surface area contributed by atoms with E-state index in [1.165, 1.54) is 24.7 Å². The number of hydrogen-bond acceptors (Lipinski definition) is 8. The van der Waals surface area contributed by atoms with Gasteiger partial charge in [0.15, 0.2) is 0 Å². The van der Waals surface area contributed by atoms with Crippen molar-refractivity contribution in [2.24, 2.45) is 11.5 Å². The van der Waals surface area contributed by atoms with Crippen molar-refractivity contribution < 1.29 is 29.4 Å². The predicted octanol–water partition coefficient (Wildman–Crippen LogP) is 0.620. The number of amides is 3. The average Bonchev–Trinajstić information content (AvgIpc) is 3.71. The van der Waals surface area contributed by atoms with Crippen molar-refractivity contribution in [3.8, 4) is 5.75 Å². The van der Waals surface area contributed by atoms with Crippen LogP contribution >= 0.6 is 0 Å². The largest absolute Gasteiger partial charge is 0.508 e. The molecule has 0 aliphatic heterocycles. The van der Waals surface area contributed by atoms with E-state index in [9.17, 15) is 29.4 Å². The number of rotatable bonds is 17. The molecule has 0 aliphatic rings. The minimum Gasteiger partial charge on any atom is -0.508 e. The first-order chi connectivity index (χ1) is 22.1.